The molecule has 1 atom stereocenters. The van der Waals surface area contributed by atoms with Crippen LogP contribution in [-0.4, -0.2) is 24.5 Å². The van der Waals surface area contributed by atoms with E-state index in [0.29, 0.717) is 12.0 Å². The van der Waals surface area contributed by atoms with Crippen LogP contribution in [0.25, 0.3) is 11.1 Å². The Labute approximate surface area is 123 Å². The van der Waals surface area contributed by atoms with Crippen LogP contribution >= 0.6 is 0 Å². The molecule has 1 fully saturated rings. The van der Waals surface area contributed by atoms with Crippen molar-refractivity contribution in [3.63, 3.8) is 0 Å². The molecular weight excluding hydrogens is 262 g/mol. The maximum atomic E-state index is 12.5. The summed E-state index contributed by atoms with van der Waals surface area (Å²) in [5.74, 6) is 0.923. The van der Waals surface area contributed by atoms with E-state index in [1.54, 1.807) is 0 Å². The minimum Gasteiger partial charge on any atom is -0.485 e. The van der Waals surface area contributed by atoms with E-state index in [9.17, 15) is 4.79 Å². The molecule has 2 heterocycles. The number of ketones is 1. The molecule has 2 aromatic carbocycles. The van der Waals surface area contributed by atoms with Crippen molar-refractivity contribution in [1.82, 2.24) is 5.32 Å². The van der Waals surface area contributed by atoms with Crippen molar-refractivity contribution in [3.05, 3.63) is 54.1 Å². The van der Waals surface area contributed by atoms with E-state index in [2.05, 4.69) is 17.4 Å². The minimum absolute atomic E-state index is 0.192. The largest absolute Gasteiger partial charge is 0.485 e. The molecule has 3 nitrogen and oxygen atoms in total. The first-order chi connectivity index (χ1) is 10.3. The van der Waals surface area contributed by atoms with Crippen molar-refractivity contribution >= 4 is 5.78 Å². The number of ether oxygens (including phenoxy) is 1. The molecular formula is C18H17NO2. The van der Waals surface area contributed by atoms with E-state index in [1.807, 2.05) is 36.4 Å². The van der Waals surface area contributed by atoms with Gasteiger partial charge in [-0.1, -0.05) is 36.4 Å². The lowest BCUT2D eigenvalue weighted by atomic mass is 9.88. The van der Waals surface area contributed by atoms with Crippen LogP contribution in [0.3, 0.4) is 0 Å². The number of Topliss-reactive ketones (excluding diaryl/α,β-unsaturated/α-hetero) is 1. The number of benzene rings is 2. The van der Waals surface area contributed by atoms with Crippen LogP contribution in [0.2, 0.25) is 0 Å². The van der Waals surface area contributed by atoms with Gasteiger partial charge in [-0.05, 0) is 29.8 Å². The molecule has 0 amide bonds. The summed E-state index contributed by atoms with van der Waals surface area (Å²) >= 11 is 0. The minimum atomic E-state index is -0.321. The van der Waals surface area contributed by atoms with Gasteiger partial charge < -0.3 is 10.1 Å². The molecule has 1 N–H and O–H groups in total. The van der Waals surface area contributed by atoms with Gasteiger partial charge in [0.1, 0.15) is 11.4 Å². The van der Waals surface area contributed by atoms with Crippen molar-refractivity contribution < 1.29 is 9.53 Å². The van der Waals surface area contributed by atoms with Gasteiger partial charge in [0.2, 0.25) is 0 Å². The van der Waals surface area contributed by atoms with Crippen LogP contribution in [0, 0.1) is 0 Å². The zero-order chi connectivity index (χ0) is 14.3. The van der Waals surface area contributed by atoms with Crippen molar-refractivity contribution in [3.8, 4) is 16.9 Å². The van der Waals surface area contributed by atoms with E-state index in [-0.39, 0.29) is 11.4 Å². The standard InChI is InChI=1S/C18H17NO2/c20-16-11-18(8-9-19-12-18)21-17-7-6-14(10-15(16)17)13-4-2-1-3-5-13/h1-7,10,19H,8-9,11-12H2. The molecule has 0 aromatic heterocycles. The molecule has 1 saturated heterocycles. The number of carbonyl (C=O) groups is 1. The van der Waals surface area contributed by atoms with E-state index >= 15 is 0 Å². The summed E-state index contributed by atoms with van der Waals surface area (Å²) in [7, 11) is 0. The highest BCUT2D eigenvalue weighted by Gasteiger charge is 2.42. The summed E-state index contributed by atoms with van der Waals surface area (Å²) in [6, 6.07) is 16.0. The highest BCUT2D eigenvalue weighted by Crippen LogP contribution is 2.38. The lowest BCUT2D eigenvalue weighted by molar-refractivity contribution is 0.0529. The molecule has 0 saturated carbocycles. The Morgan fingerprint density at radius 2 is 1.90 bits per heavy atom. The average Bonchev–Trinajstić information content (AvgIpc) is 2.95. The maximum Gasteiger partial charge on any atom is 0.170 e. The van der Waals surface area contributed by atoms with Crippen LogP contribution in [0.15, 0.2) is 48.5 Å². The predicted octanol–water partition coefficient (Wildman–Crippen LogP) is 3.05. The Morgan fingerprint density at radius 1 is 1.05 bits per heavy atom. The third kappa shape index (κ3) is 2.14. The monoisotopic (exact) mass is 279 g/mol. The van der Waals surface area contributed by atoms with Crippen molar-refractivity contribution in [2.45, 2.75) is 18.4 Å². The highest BCUT2D eigenvalue weighted by molar-refractivity contribution is 6.01. The molecule has 0 radical (unpaired) electrons. The number of carbonyl (C=O) groups excluding carboxylic acids is 1. The number of fused-ring (bicyclic) bond motifs is 1. The van der Waals surface area contributed by atoms with Gasteiger partial charge in [0.15, 0.2) is 5.78 Å². The topological polar surface area (TPSA) is 38.3 Å². The van der Waals surface area contributed by atoms with Crippen LogP contribution in [0.4, 0.5) is 0 Å². The quantitative estimate of drug-likeness (QED) is 0.872. The molecule has 1 spiro atoms. The number of hydrogen-bond donors (Lipinski definition) is 1. The van der Waals surface area contributed by atoms with Gasteiger partial charge in [-0.25, -0.2) is 0 Å². The van der Waals surface area contributed by atoms with Crippen molar-refractivity contribution in [2.75, 3.05) is 13.1 Å². The number of hydrogen-bond acceptors (Lipinski definition) is 3. The molecule has 2 aliphatic heterocycles. The Kier molecular flexibility index (Phi) is 2.82. The second kappa shape index (κ2) is 4.71. The first kappa shape index (κ1) is 12.6. The number of rotatable bonds is 1. The molecule has 4 rings (SSSR count). The molecule has 3 heteroatoms. The third-order valence-corrected chi connectivity index (χ3v) is 4.40. The number of nitrogens with one attached hydrogen (secondary N) is 1. The lowest BCUT2D eigenvalue weighted by Gasteiger charge is -2.34. The first-order valence-electron chi connectivity index (χ1n) is 7.38. The SMILES string of the molecule is O=C1CC2(CCNC2)Oc2ccc(-c3ccccc3)cc21. The summed E-state index contributed by atoms with van der Waals surface area (Å²) in [5, 5.41) is 3.29. The summed E-state index contributed by atoms with van der Waals surface area (Å²) in [5.41, 5.74) is 2.58. The summed E-state index contributed by atoms with van der Waals surface area (Å²) < 4.78 is 6.16. The third-order valence-electron chi connectivity index (χ3n) is 4.40. The Morgan fingerprint density at radius 3 is 2.67 bits per heavy atom. The lowest BCUT2D eigenvalue weighted by Crippen LogP contribution is -2.43. The van der Waals surface area contributed by atoms with Gasteiger partial charge >= 0.3 is 0 Å². The first-order valence-corrected chi connectivity index (χ1v) is 7.38. The highest BCUT2D eigenvalue weighted by atomic mass is 16.5. The van der Waals surface area contributed by atoms with Gasteiger partial charge in [-0.15, -0.1) is 0 Å². The fourth-order valence-corrected chi connectivity index (χ4v) is 3.26. The van der Waals surface area contributed by atoms with E-state index in [0.717, 1.165) is 36.4 Å². The Bertz CT molecular complexity index is 688. The molecule has 1 unspecified atom stereocenters. The van der Waals surface area contributed by atoms with Crippen LogP contribution in [-0.2, 0) is 0 Å². The Balaban J connectivity index is 1.74. The summed E-state index contributed by atoms with van der Waals surface area (Å²) in [4.78, 5) is 12.5. The van der Waals surface area contributed by atoms with Crippen LogP contribution in [0.5, 0.6) is 5.75 Å². The summed E-state index contributed by atoms with van der Waals surface area (Å²) in [6.45, 7) is 1.68. The average molecular weight is 279 g/mol. The molecule has 2 aliphatic rings. The van der Waals surface area contributed by atoms with Crippen molar-refractivity contribution in [2.24, 2.45) is 0 Å². The Hall–Kier alpha value is -2.13. The summed E-state index contributed by atoms with van der Waals surface area (Å²) in [6.07, 6.45) is 1.38. The maximum absolute atomic E-state index is 12.5. The van der Waals surface area contributed by atoms with E-state index < -0.39 is 0 Å². The second-order valence-corrected chi connectivity index (χ2v) is 5.89. The van der Waals surface area contributed by atoms with Gasteiger partial charge in [0.05, 0.1) is 12.0 Å². The van der Waals surface area contributed by atoms with Crippen molar-refractivity contribution in [1.29, 1.82) is 0 Å². The van der Waals surface area contributed by atoms with Gasteiger partial charge in [0.25, 0.3) is 0 Å². The normalized spacial score (nSPS) is 23.9. The molecule has 0 bridgehead atoms. The van der Waals surface area contributed by atoms with Gasteiger partial charge in [-0.2, -0.15) is 0 Å². The molecule has 0 aliphatic carbocycles. The fourth-order valence-electron chi connectivity index (χ4n) is 3.26. The fraction of sp³-hybridized carbons (Fsp3) is 0.278. The predicted molar refractivity (Wildman–Crippen MR) is 81.7 cm³/mol. The molecule has 21 heavy (non-hydrogen) atoms. The van der Waals surface area contributed by atoms with Crippen LogP contribution in [0.1, 0.15) is 23.2 Å². The van der Waals surface area contributed by atoms with E-state index in [1.165, 1.54) is 0 Å². The van der Waals surface area contributed by atoms with Gasteiger partial charge in [0, 0.05) is 13.0 Å². The van der Waals surface area contributed by atoms with E-state index in [4.69, 9.17) is 4.74 Å². The second-order valence-electron chi connectivity index (χ2n) is 5.89. The zero-order valence-corrected chi connectivity index (χ0v) is 11.8. The zero-order valence-electron chi connectivity index (χ0n) is 11.8. The molecule has 2 aromatic rings. The smallest absolute Gasteiger partial charge is 0.170 e. The van der Waals surface area contributed by atoms with Gasteiger partial charge in [-0.3, -0.25) is 4.79 Å². The molecule has 106 valence electrons. The van der Waals surface area contributed by atoms with Crippen LogP contribution < -0.4 is 10.1 Å².